The molecule has 0 radical (unpaired) electrons. The fourth-order valence-corrected chi connectivity index (χ4v) is 3.21. The van der Waals surface area contributed by atoms with Crippen LogP contribution in [0.1, 0.15) is 30.1 Å². The standard InChI is InChI=1S/C19H18N4O2/c1-12-2-9-18(24)23(12)15-6-4-14(5-7-15)22-19(25)13-3-8-16-17(10-13)21-11-20-16/h3-8,10-12H,2,9H2,1H3,(H,20,21)(H,22,25). The maximum absolute atomic E-state index is 12.4. The summed E-state index contributed by atoms with van der Waals surface area (Å²) in [5.41, 5.74) is 3.77. The fraction of sp³-hybridized carbons (Fsp3) is 0.211. The first-order chi connectivity index (χ1) is 12.1. The van der Waals surface area contributed by atoms with Crippen molar-refractivity contribution in [2.75, 3.05) is 10.2 Å². The average Bonchev–Trinajstić information content (AvgIpc) is 3.21. The van der Waals surface area contributed by atoms with Crippen LogP contribution in [0.15, 0.2) is 48.8 Å². The molecule has 0 saturated carbocycles. The van der Waals surface area contributed by atoms with Gasteiger partial charge < -0.3 is 15.2 Å². The van der Waals surface area contributed by atoms with Gasteiger partial charge in [0, 0.05) is 29.4 Å². The minimum atomic E-state index is -0.185. The summed E-state index contributed by atoms with van der Waals surface area (Å²) >= 11 is 0. The average molecular weight is 334 g/mol. The molecule has 126 valence electrons. The smallest absolute Gasteiger partial charge is 0.255 e. The van der Waals surface area contributed by atoms with Crippen molar-refractivity contribution < 1.29 is 9.59 Å². The zero-order valence-electron chi connectivity index (χ0n) is 13.8. The van der Waals surface area contributed by atoms with Gasteiger partial charge in [0.2, 0.25) is 5.91 Å². The maximum atomic E-state index is 12.4. The van der Waals surface area contributed by atoms with Gasteiger partial charge in [0.25, 0.3) is 5.91 Å². The van der Waals surface area contributed by atoms with Crippen molar-refractivity contribution in [1.82, 2.24) is 9.97 Å². The molecule has 2 N–H and O–H groups in total. The Balaban J connectivity index is 1.50. The van der Waals surface area contributed by atoms with Crippen molar-refractivity contribution in [1.29, 1.82) is 0 Å². The molecule has 1 unspecified atom stereocenters. The Morgan fingerprint density at radius 2 is 2.04 bits per heavy atom. The normalized spacial score (nSPS) is 17.2. The van der Waals surface area contributed by atoms with Crippen molar-refractivity contribution in [2.45, 2.75) is 25.8 Å². The van der Waals surface area contributed by atoms with Crippen molar-refractivity contribution in [3.8, 4) is 0 Å². The van der Waals surface area contributed by atoms with Crippen LogP contribution < -0.4 is 10.2 Å². The molecule has 1 saturated heterocycles. The van der Waals surface area contributed by atoms with Crippen molar-refractivity contribution >= 4 is 34.2 Å². The van der Waals surface area contributed by atoms with Gasteiger partial charge in [-0.1, -0.05) is 0 Å². The van der Waals surface area contributed by atoms with E-state index in [0.717, 1.165) is 23.1 Å². The van der Waals surface area contributed by atoms with E-state index in [2.05, 4.69) is 15.3 Å². The number of nitrogens with one attached hydrogen (secondary N) is 2. The second-order valence-electron chi connectivity index (χ2n) is 6.29. The summed E-state index contributed by atoms with van der Waals surface area (Å²) in [4.78, 5) is 33.3. The van der Waals surface area contributed by atoms with Gasteiger partial charge in [-0.25, -0.2) is 4.98 Å². The van der Waals surface area contributed by atoms with Gasteiger partial charge in [-0.3, -0.25) is 9.59 Å². The van der Waals surface area contributed by atoms with E-state index in [0.29, 0.717) is 17.7 Å². The van der Waals surface area contributed by atoms with E-state index in [1.54, 1.807) is 18.5 Å². The van der Waals surface area contributed by atoms with Crippen LogP contribution in [0.3, 0.4) is 0 Å². The molecule has 1 aliphatic rings. The summed E-state index contributed by atoms with van der Waals surface area (Å²) in [5, 5.41) is 2.88. The number of aromatic amines is 1. The lowest BCUT2D eigenvalue weighted by molar-refractivity contribution is -0.117. The lowest BCUT2D eigenvalue weighted by Gasteiger charge is -2.21. The topological polar surface area (TPSA) is 78.1 Å². The minimum Gasteiger partial charge on any atom is -0.345 e. The van der Waals surface area contributed by atoms with Crippen LogP contribution in [0.4, 0.5) is 11.4 Å². The summed E-state index contributed by atoms with van der Waals surface area (Å²) in [6, 6.07) is 12.9. The Kier molecular flexibility index (Phi) is 3.72. The Morgan fingerprint density at radius 3 is 2.76 bits per heavy atom. The van der Waals surface area contributed by atoms with Crippen LogP contribution >= 0.6 is 0 Å². The molecule has 0 bridgehead atoms. The highest BCUT2D eigenvalue weighted by molar-refractivity contribution is 6.06. The number of nitrogens with zero attached hydrogens (tertiary/aromatic N) is 2. The molecule has 25 heavy (non-hydrogen) atoms. The van der Waals surface area contributed by atoms with Gasteiger partial charge in [0.1, 0.15) is 0 Å². The zero-order chi connectivity index (χ0) is 17.4. The molecule has 1 aromatic heterocycles. The Morgan fingerprint density at radius 1 is 1.24 bits per heavy atom. The summed E-state index contributed by atoms with van der Waals surface area (Å²) in [6.45, 7) is 2.05. The molecular formula is C19H18N4O2. The number of fused-ring (bicyclic) bond motifs is 1. The summed E-state index contributed by atoms with van der Waals surface area (Å²) in [5.74, 6) is -0.0352. The van der Waals surface area contributed by atoms with Crippen LogP contribution in [0.25, 0.3) is 11.0 Å². The molecule has 0 aliphatic carbocycles. The summed E-state index contributed by atoms with van der Waals surface area (Å²) < 4.78 is 0. The number of hydrogen-bond donors (Lipinski definition) is 2. The van der Waals surface area contributed by atoms with Gasteiger partial charge in [0.05, 0.1) is 17.4 Å². The molecule has 1 aliphatic heterocycles. The van der Waals surface area contributed by atoms with E-state index in [-0.39, 0.29) is 17.9 Å². The maximum Gasteiger partial charge on any atom is 0.255 e. The largest absolute Gasteiger partial charge is 0.345 e. The second-order valence-corrected chi connectivity index (χ2v) is 6.29. The third kappa shape index (κ3) is 2.87. The summed E-state index contributed by atoms with van der Waals surface area (Å²) in [7, 11) is 0. The van der Waals surface area contributed by atoms with Crippen LogP contribution in [0.5, 0.6) is 0 Å². The molecule has 0 spiro atoms. The molecule has 6 nitrogen and oxygen atoms in total. The predicted molar refractivity (Wildman–Crippen MR) is 96.7 cm³/mol. The SMILES string of the molecule is CC1CCC(=O)N1c1ccc(NC(=O)c2ccc3nc[nH]c3c2)cc1. The molecule has 4 rings (SSSR count). The van der Waals surface area contributed by atoms with E-state index in [4.69, 9.17) is 0 Å². The highest BCUT2D eigenvalue weighted by atomic mass is 16.2. The van der Waals surface area contributed by atoms with Crippen LogP contribution in [0.2, 0.25) is 0 Å². The number of carbonyl (C=O) groups excluding carboxylic acids is 2. The van der Waals surface area contributed by atoms with E-state index in [1.807, 2.05) is 42.2 Å². The fourth-order valence-electron chi connectivity index (χ4n) is 3.21. The van der Waals surface area contributed by atoms with Gasteiger partial charge >= 0.3 is 0 Å². The number of aromatic nitrogens is 2. The van der Waals surface area contributed by atoms with E-state index >= 15 is 0 Å². The van der Waals surface area contributed by atoms with Crippen LogP contribution in [0, 0.1) is 0 Å². The van der Waals surface area contributed by atoms with Gasteiger partial charge in [-0.05, 0) is 55.8 Å². The second kappa shape index (κ2) is 6.05. The van der Waals surface area contributed by atoms with Crippen LogP contribution in [-0.2, 0) is 4.79 Å². The third-order valence-corrected chi connectivity index (χ3v) is 4.57. The number of H-pyrrole nitrogens is 1. The quantitative estimate of drug-likeness (QED) is 0.771. The minimum absolute atomic E-state index is 0.150. The first-order valence-corrected chi connectivity index (χ1v) is 8.28. The number of amides is 2. The number of carbonyl (C=O) groups is 2. The molecule has 6 heteroatoms. The number of rotatable bonds is 3. The lowest BCUT2D eigenvalue weighted by Crippen LogP contribution is -2.30. The Hall–Kier alpha value is -3.15. The number of benzene rings is 2. The number of hydrogen-bond acceptors (Lipinski definition) is 3. The Bertz CT molecular complexity index is 945. The molecule has 2 aromatic carbocycles. The number of imidazole rings is 1. The van der Waals surface area contributed by atoms with Crippen LogP contribution in [-0.4, -0.2) is 27.8 Å². The molecule has 2 amide bonds. The zero-order valence-corrected chi connectivity index (χ0v) is 13.8. The number of anilines is 2. The monoisotopic (exact) mass is 334 g/mol. The molecular weight excluding hydrogens is 316 g/mol. The van der Waals surface area contributed by atoms with Crippen molar-refractivity contribution in [3.63, 3.8) is 0 Å². The third-order valence-electron chi connectivity index (χ3n) is 4.57. The molecule has 2 heterocycles. The summed E-state index contributed by atoms with van der Waals surface area (Å²) in [6.07, 6.45) is 3.08. The van der Waals surface area contributed by atoms with E-state index in [1.165, 1.54) is 0 Å². The van der Waals surface area contributed by atoms with Crippen molar-refractivity contribution in [2.24, 2.45) is 0 Å². The highest BCUT2D eigenvalue weighted by Gasteiger charge is 2.28. The van der Waals surface area contributed by atoms with E-state index < -0.39 is 0 Å². The van der Waals surface area contributed by atoms with Gasteiger partial charge in [-0.2, -0.15) is 0 Å². The first-order valence-electron chi connectivity index (χ1n) is 8.28. The lowest BCUT2D eigenvalue weighted by atomic mass is 10.1. The molecule has 3 aromatic rings. The molecule has 1 fully saturated rings. The van der Waals surface area contributed by atoms with Gasteiger partial charge in [-0.15, -0.1) is 0 Å². The van der Waals surface area contributed by atoms with E-state index in [9.17, 15) is 9.59 Å². The Labute approximate surface area is 144 Å². The highest BCUT2D eigenvalue weighted by Crippen LogP contribution is 2.27. The predicted octanol–water partition coefficient (Wildman–Crippen LogP) is 3.33. The van der Waals surface area contributed by atoms with Gasteiger partial charge in [0.15, 0.2) is 0 Å². The first kappa shape index (κ1) is 15.4. The van der Waals surface area contributed by atoms with Crippen molar-refractivity contribution in [3.05, 3.63) is 54.4 Å². The molecule has 1 atom stereocenters.